The summed E-state index contributed by atoms with van der Waals surface area (Å²) in [6.07, 6.45) is 1.55. The van der Waals surface area contributed by atoms with Gasteiger partial charge in [-0.3, -0.25) is 0 Å². The average molecular weight is 353 g/mol. The maximum atomic E-state index is 12.7. The van der Waals surface area contributed by atoms with E-state index in [1.165, 1.54) is 23.5 Å². The molecule has 5 nitrogen and oxygen atoms in total. The van der Waals surface area contributed by atoms with Crippen molar-refractivity contribution in [1.82, 2.24) is 9.62 Å². The maximum Gasteiger partial charge on any atom is 0.244 e. The number of benzene rings is 1. The number of nitrogens with zero attached hydrogens (tertiary/aromatic N) is 1. The van der Waals surface area contributed by atoms with Gasteiger partial charge >= 0.3 is 0 Å². The number of piperidine rings is 1. The van der Waals surface area contributed by atoms with Gasteiger partial charge < -0.3 is 10.1 Å². The third kappa shape index (κ3) is 3.46. The van der Waals surface area contributed by atoms with Gasteiger partial charge in [0.2, 0.25) is 10.0 Å². The van der Waals surface area contributed by atoms with E-state index in [2.05, 4.69) is 5.32 Å². The van der Waals surface area contributed by atoms with Crippen molar-refractivity contribution in [1.29, 1.82) is 0 Å². The summed E-state index contributed by atoms with van der Waals surface area (Å²) in [6, 6.07) is 3.13. The van der Waals surface area contributed by atoms with Gasteiger partial charge in [-0.05, 0) is 26.0 Å². The molecule has 0 aliphatic carbocycles. The maximum absolute atomic E-state index is 12.7. The number of rotatable bonds is 4. The van der Waals surface area contributed by atoms with E-state index >= 15 is 0 Å². The van der Waals surface area contributed by atoms with Gasteiger partial charge in [0.1, 0.15) is 10.6 Å². The normalized spacial score (nSPS) is 17.9. The summed E-state index contributed by atoms with van der Waals surface area (Å²) in [6.45, 7) is 0.932. The summed E-state index contributed by atoms with van der Waals surface area (Å²) >= 11 is 12.1. The van der Waals surface area contributed by atoms with E-state index in [1.807, 2.05) is 7.05 Å². The largest absolute Gasteiger partial charge is 0.495 e. The first-order chi connectivity index (χ1) is 9.90. The SMILES string of the molecule is CNC1CCN(S(=O)(=O)c2cc(Cl)c(OC)cc2Cl)CC1. The monoisotopic (exact) mass is 352 g/mol. The lowest BCUT2D eigenvalue weighted by Gasteiger charge is -2.31. The minimum absolute atomic E-state index is 0.0258. The highest BCUT2D eigenvalue weighted by molar-refractivity contribution is 7.89. The zero-order valence-corrected chi connectivity index (χ0v) is 14.2. The lowest BCUT2D eigenvalue weighted by molar-refractivity contribution is 0.298. The van der Waals surface area contributed by atoms with E-state index < -0.39 is 10.0 Å². The van der Waals surface area contributed by atoms with Gasteiger partial charge in [0.15, 0.2) is 0 Å². The topological polar surface area (TPSA) is 58.6 Å². The molecule has 0 amide bonds. The van der Waals surface area contributed by atoms with Crippen molar-refractivity contribution in [3.8, 4) is 5.75 Å². The molecule has 1 aliphatic rings. The van der Waals surface area contributed by atoms with Gasteiger partial charge in [-0.1, -0.05) is 23.2 Å². The average Bonchev–Trinajstić information content (AvgIpc) is 2.49. The minimum atomic E-state index is -3.64. The van der Waals surface area contributed by atoms with E-state index in [-0.39, 0.29) is 14.9 Å². The van der Waals surface area contributed by atoms with Crippen LogP contribution in [0, 0.1) is 0 Å². The zero-order chi connectivity index (χ0) is 15.6. The molecule has 0 saturated carbocycles. The second kappa shape index (κ2) is 6.71. The number of hydrogen-bond acceptors (Lipinski definition) is 4. The van der Waals surface area contributed by atoms with Crippen LogP contribution >= 0.6 is 23.2 Å². The molecule has 0 spiro atoms. The molecule has 2 rings (SSSR count). The molecule has 0 aromatic heterocycles. The molecule has 0 bridgehead atoms. The fraction of sp³-hybridized carbons (Fsp3) is 0.538. The Kier molecular flexibility index (Phi) is 5.38. The second-order valence-corrected chi connectivity index (χ2v) is 7.60. The van der Waals surface area contributed by atoms with Crippen LogP contribution in [0.15, 0.2) is 17.0 Å². The molecule has 0 unspecified atom stereocenters. The Labute approximate surface area is 135 Å². The predicted octanol–water partition coefficient (Wildman–Crippen LogP) is 2.37. The van der Waals surface area contributed by atoms with Gasteiger partial charge in [0, 0.05) is 25.2 Å². The fourth-order valence-corrected chi connectivity index (χ4v) is 4.68. The number of halogens is 2. The van der Waals surface area contributed by atoms with Crippen LogP contribution in [0.3, 0.4) is 0 Å². The van der Waals surface area contributed by atoms with Gasteiger partial charge in [-0.15, -0.1) is 0 Å². The first-order valence-electron chi connectivity index (χ1n) is 6.60. The van der Waals surface area contributed by atoms with Gasteiger partial charge in [-0.2, -0.15) is 4.31 Å². The molecule has 21 heavy (non-hydrogen) atoms. The highest BCUT2D eigenvalue weighted by atomic mass is 35.5. The Morgan fingerprint density at radius 2 is 1.86 bits per heavy atom. The van der Waals surface area contributed by atoms with Crippen LogP contribution in [0.5, 0.6) is 5.75 Å². The van der Waals surface area contributed by atoms with Crippen molar-refractivity contribution in [3.63, 3.8) is 0 Å². The van der Waals surface area contributed by atoms with Crippen LogP contribution in [0.2, 0.25) is 10.0 Å². The molecule has 1 fully saturated rings. The highest BCUT2D eigenvalue weighted by Crippen LogP contribution is 2.35. The Morgan fingerprint density at radius 3 is 2.38 bits per heavy atom. The summed E-state index contributed by atoms with van der Waals surface area (Å²) in [5, 5.41) is 3.51. The summed E-state index contributed by atoms with van der Waals surface area (Å²) in [5.74, 6) is 0.356. The molecule has 1 saturated heterocycles. The quantitative estimate of drug-likeness (QED) is 0.903. The summed E-state index contributed by atoms with van der Waals surface area (Å²) in [7, 11) is -0.302. The number of sulfonamides is 1. The van der Waals surface area contributed by atoms with Crippen LogP contribution in [-0.4, -0.2) is 46.0 Å². The molecule has 8 heteroatoms. The third-order valence-electron chi connectivity index (χ3n) is 3.69. The molecule has 118 valence electrons. The summed E-state index contributed by atoms with van der Waals surface area (Å²) in [4.78, 5) is 0.0258. The molecule has 0 radical (unpaired) electrons. The fourth-order valence-electron chi connectivity index (χ4n) is 2.39. The molecule has 1 N–H and O–H groups in total. The van der Waals surface area contributed by atoms with Crippen molar-refractivity contribution in [2.24, 2.45) is 0 Å². The summed E-state index contributed by atoms with van der Waals surface area (Å²) < 4.78 is 31.8. The van der Waals surface area contributed by atoms with Crippen molar-refractivity contribution in [3.05, 3.63) is 22.2 Å². The molecular weight excluding hydrogens is 335 g/mol. The second-order valence-electron chi connectivity index (χ2n) is 4.88. The number of ether oxygens (including phenoxy) is 1. The molecule has 1 aliphatic heterocycles. The summed E-state index contributed by atoms with van der Waals surface area (Å²) in [5.41, 5.74) is 0. The van der Waals surface area contributed by atoms with E-state index in [9.17, 15) is 8.42 Å². The minimum Gasteiger partial charge on any atom is -0.495 e. The predicted molar refractivity (Wildman–Crippen MR) is 83.9 cm³/mol. The third-order valence-corrected chi connectivity index (χ3v) is 6.35. The van der Waals surface area contributed by atoms with Gasteiger partial charge in [0.25, 0.3) is 0 Å². The molecule has 1 aromatic rings. The van der Waals surface area contributed by atoms with Crippen molar-refractivity contribution >= 4 is 33.2 Å². The Bertz CT molecular complexity index is 614. The van der Waals surface area contributed by atoms with Crippen LogP contribution < -0.4 is 10.1 Å². The smallest absolute Gasteiger partial charge is 0.244 e. The molecule has 1 aromatic carbocycles. The van der Waals surface area contributed by atoms with Crippen LogP contribution in [-0.2, 0) is 10.0 Å². The Morgan fingerprint density at radius 1 is 1.24 bits per heavy atom. The van der Waals surface area contributed by atoms with Crippen LogP contribution in [0.4, 0.5) is 0 Å². The number of nitrogens with one attached hydrogen (secondary N) is 1. The number of methoxy groups -OCH3 is 1. The molecule has 0 atom stereocenters. The Hall–Kier alpha value is -0.530. The number of hydrogen-bond donors (Lipinski definition) is 1. The van der Waals surface area contributed by atoms with Crippen molar-refractivity contribution < 1.29 is 13.2 Å². The van der Waals surface area contributed by atoms with Crippen molar-refractivity contribution in [2.45, 2.75) is 23.8 Å². The lowest BCUT2D eigenvalue weighted by atomic mass is 10.1. The Balaban J connectivity index is 2.30. The van der Waals surface area contributed by atoms with Gasteiger partial charge in [-0.25, -0.2) is 8.42 Å². The molecule has 1 heterocycles. The standard InChI is InChI=1S/C13H18Cl2N2O3S/c1-16-9-3-5-17(6-4-9)21(18,19)13-8-10(14)12(20-2)7-11(13)15/h7-9,16H,3-6H2,1-2H3. The van der Waals surface area contributed by atoms with E-state index in [1.54, 1.807) is 0 Å². The zero-order valence-electron chi connectivity index (χ0n) is 11.9. The first kappa shape index (κ1) is 16.8. The van der Waals surface area contributed by atoms with E-state index in [0.29, 0.717) is 24.9 Å². The lowest BCUT2D eigenvalue weighted by Crippen LogP contribution is -2.43. The van der Waals surface area contributed by atoms with E-state index in [0.717, 1.165) is 12.8 Å². The van der Waals surface area contributed by atoms with Gasteiger partial charge in [0.05, 0.1) is 17.2 Å². The molecular formula is C13H18Cl2N2O3S. The van der Waals surface area contributed by atoms with Crippen LogP contribution in [0.1, 0.15) is 12.8 Å². The first-order valence-corrected chi connectivity index (χ1v) is 8.80. The highest BCUT2D eigenvalue weighted by Gasteiger charge is 2.31. The van der Waals surface area contributed by atoms with Crippen molar-refractivity contribution in [2.75, 3.05) is 27.2 Å². The van der Waals surface area contributed by atoms with Crippen LogP contribution in [0.25, 0.3) is 0 Å². The van der Waals surface area contributed by atoms with E-state index in [4.69, 9.17) is 27.9 Å².